The van der Waals surface area contributed by atoms with Crippen LogP contribution in [0.3, 0.4) is 0 Å². The number of aromatic nitrogens is 2. The number of hydrogen-bond acceptors (Lipinski definition) is 4. The maximum Gasteiger partial charge on any atom is 0.180 e. The van der Waals surface area contributed by atoms with Crippen molar-refractivity contribution in [2.24, 2.45) is 0 Å². The fourth-order valence-electron chi connectivity index (χ4n) is 7.20. The minimum Gasteiger partial charge on any atom is -0.452 e. The van der Waals surface area contributed by atoms with Gasteiger partial charge in [0.2, 0.25) is 0 Å². The summed E-state index contributed by atoms with van der Waals surface area (Å²) in [5.74, 6) is 0. The van der Waals surface area contributed by atoms with Gasteiger partial charge in [0.25, 0.3) is 0 Å². The minimum absolute atomic E-state index is 0.699. The minimum atomic E-state index is 0.699. The normalized spacial score (nSPS) is 11.6. The third-order valence-corrected chi connectivity index (χ3v) is 10.9. The topological polar surface area (TPSA) is 38.9 Å². The van der Waals surface area contributed by atoms with Crippen LogP contribution in [0.25, 0.3) is 98.0 Å². The first-order valence-electron chi connectivity index (χ1n) is 16.7. The predicted molar refractivity (Wildman–Crippen MR) is 209 cm³/mol. The van der Waals surface area contributed by atoms with Gasteiger partial charge in [-0.1, -0.05) is 140 Å². The third kappa shape index (κ3) is 4.73. The maximum absolute atomic E-state index is 6.43. The molecule has 4 heteroatoms. The van der Waals surface area contributed by atoms with Gasteiger partial charge in [-0.25, -0.2) is 9.97 Å². The zero-order chi connectivity index (χ0) is 33.0. The van der Waals surface area contributed by atoms with Crippen molar-refractivity contribution < 1.29 is 4.42 Å². The van der Waals surface area contributed by atoms with E-state index in [2.05, 4.69) is 157 Å². The van der Waals surface area contributed by atoms with Crippen LogP contribution in [0.15, 0.2) is 175 Å². The summed E-state index contributed by atoms with van der Waals surface area (Å²) >= 11 is 1.88. The molecule has 3 aromatic heterocycles. The largest absolute Gasteiger partial charge is 0.452 e. The number of rotatable bonds is 5. The van der Waals surface area contributed by atoms with E-state index in [1.165, 1.54) is 42.4 Å². The van der Waals surface area contributed by atoms with Crippen molar-refractivity contribution >= 4 is 53.6 Å². The van der Waals surface area contributed by atoms with Gasteiger partial charge in [-0.2, -0.15) is 0 Å². The molecule has 0 spiro atoms. The summed E-state index contributed by atoms with van der Waals surface area (Å²) in [5, 5.41) is 3.58. The average Bonchev–Trinajstić information content (AvgIpc) is 3.77. The van der Waals surface area contributed by atoms with Crippen LogP contribution in [-0.2, 0) is 0 Å². The van der Waals surface area contributed by atoms with Crippen molar-refractivity contribution in [2.75, 3.05) is 0 Å². The van der Waals surface area contributed by atoms with Crippen LogP contribution in [0, 0.1) is 0 Å². The Morgan fingerprint density at radius 3 is 1.68 bits per heavy atom. The lowest BCUT2D eigenvalue weighted by atomic mass is 9.96. The molecule has 0 atom stereocenters. The van der Waals surface area contributed by atoms with Gasteiger partial charge in [-0.15, -0.1) is 11.3 Å². The molecule has 3 nitrogen and oxygen atoms in total. The van der Waals surface area contributed by atoms with Crippen LogP contribution < -0.4 is 0 Å². The predicted octanol–water partition coefficient (Wildman–Crippen LogP) is 13.1. The van der Waals surface area contributed by atoms with Crippen molar-refractivity contribution in [2.45, 2.75) is 0 Å². The Morgan fingerprint density at radius 1 is 0.400 bits per heavy atom. The third-order valence-electron chi connectivity index (χ3n) is 9.61. The molecule has 0 amide bonds. The molecule has 234 valence electrons. The molecule has 0 aliphatic heterocycles. The van der Waals surface area contributed by atoms with Crippen LogP contribution >= 0.6 is 11.3 Å². The first-order valence-corrected chi connectivity index (χ1v) is 17.5. The maximum atomic E-state index is 6.43. The Balaban J connectivity index is 1.05. The molecule has 0 aliphatic rings. The Labute approximate surface area is 292 Å². The molecule has 0 saturated heterocycles. The van der Waals surface area contributed by atoms with E-state index < -0.39 is 0 Å². The van der Waals surface area contributed by atoms with Crippen LogP contribution in [-0.4, -0.2) is 9.97 Å². The molecule has 10 rings (SSSR count). The summed E-state index contributed by atoms with van der Waals surface area (Å²) in [5.41, 5.74) is 13.6. The van der Waals surface area contributed by atoms with Crippen LogP contribution in [0.2, 0.25) is 0 Å². The lowest BCUT2D eigenvalue weighted by Gasteiger charge is -2.09. The molecule has 0 fully saturated rings. The fraction of sp³-hybridized carbons (Fsp3) is 0. The van der Waals surface area contributed by atoms with E-state index >= 15 is 0 Å². The standard InChI is InChI=1S/C46H28N2OS/c1-3-11-29(12-4-1)33-23-24-41-40(27-33)43-44(49-41)42(47-28-48-43)35-18-8-16-32(26-35)31-15-7-17-34(25-31)37-20-10-22-39-38-21-9-19-36(45(38)50-46(37)39)30-13-5-2-6-14-30/h1-28H. The van der Waals surface area contributed by atoms with Crippen molar-refractivity contribution in [1.82, 2.24) is 9.97 Å². The van der Waals surface area contributed by atoms with E-state index in [0.717, 1.165) is 50.0 Å². The van der Waals surface area contributed by atoms with E-state index in [4.69, 9.17) is 9.40 Å². The SMILES string of the molecule is c1ccc(-c2ccc3oc4c(-c5cccc(-c6cccc(-c7cccc8c7sc7c(-c9ccccc9)cccc78)c6)c5)ncnc4c3c2)cc1. The first kappa shape index (κ1) is 28.6. The number of thiophene rings is 1. The molecule has 0 saturated carbocycles. The van der Waals surface area contributed by atoms with Crippen LogP contribution in [0.5, 0.6) is 0 Å². The van der Waals surface area contributed by atoms with Gasteiger partial charge in [-0.05, 0) is 68.8 Å². The molecule has 0 aliphatic carbocycles. The quantitative estimate of drug-likeness (QED) is 0.185. The Hall–Kier alpha value is -6.36. The molecule has 0 N–H and O–H groups in total. The van der Waals surface area contributed by atoms with E-state index in [1.807, 2.05) is 23.5 Å². The molecule has 3 heterocycles. The number of hydrogen-bond donors (Lipinski definition) is 0. The van der Waals surface area contributed by atoms with E-state index in [0.29, 0.717) is 5.58 Å². The number of benzene rings is 7. The number of fused-ring (bicyclic) bond motifs is 6. The highest BCUT2D eigenvalue weighted by Gasteiger charge is 2.17. The molecule has 0 bridgehead atoms. The van der Waals surface area contributed by atoms with Crippen LogP contribution in [0.1, 0.15) is 0 Å². The summed E-state index contributed by atoms with van der Waals surface area (Å²) in [6.07, 6.45) is 1.64. The average molecular weight is 657 g/mol. The van der Waals surface area contributed by atoms with Gasteiger partial charge >= 0.3 is 0 Å². The van der Waals surface area contributed by atoms with Gasteiger partial charge in [0.05, 0.1) is 0 Å². The van der Waals surface area contributed by atoms with E-state index in [9.17, 15) is 0 Å². The van der Waals surface area contributed by atoms with Gasteiger partial charge in [-0.3, -0.25) is 0 Å². The Morgan fingerprint density at radius 2 is 0.960 bits per heavy atom. The lowest BCUT2D eigenvalue weighted by Crippen LogP contribution is -1.88. The first-order chi connectivity index (χ1) is 24.8. The summed E-state index contributed by atoms with van der Waals surface area (Å²) in [6, 6.07) is 58.1. The Kier molecular flexibility index (Phi) is 6.68. The van der Waals surface area contributed by atoms with Crippen molar-refractivity contribution in [3.05, 3.63) is 170 Å². The summed E-state index contributed by atoms with van der Waals surface area (Å²) in [6.45, 7) is 0. The van der Waals surface area contributed by atoms with Gasteiger partial charge in [0, 0.05) is 31.1 Å². The molecular formula is C46H28N2OS. The highest BCUT2D eigenvalue weighted by Crippen LogP contribution is 2.44. The van der Waals surface area contributed by atoms with Crippen LogP contribution in [0.4, 0.5) is 0 Å². The number of furan rings is 1. The Bertz CT molecular complexity index is 2870. The van der Waals surface area contributed by atoms with Crippen molar-refractivity contribution in [3.63, 3.8) is 0 Å². The van der Waals surface area contributed by atoms with E-state index in [1.54, 1.807) is 6.33 Å². The summed E-state index contributed by atoms with van der Waals surface area (Å²) in [7, 11) is 0. The van der Waals surface area contributed by atoms with Crippen molar-refractivity contribution in [3.8, 4) is 55.8 Å². The summed E-state index contributed by atoms with van der Waals surface area (Å²) < 4.78 is 9.06. The zero-order valence-electron chi connectivity index (χ0n) is 26.9. The number of nitrogens with zero attached hydrogens (tertiary/aromatic N) is 2. The van der Waals surface area contributed by atoms with E-state index in [-0.39, 0.29) is 0 Å². The molecular weight excluding hydrogens is 629 g/mol. The monoisotopic (exact) mass is 656 g/mol. The highest BCUT2D eigenvalue weighted by molar-refractivity contribution is 7.26. The molecule has 0 radical (unpaired) electrons. The van der Waals surface area contributed by atoms with Gasteiger partial charge in [0.15, 0.2) is 5.58 Å². The second-order valence-corrected chi connectivity index (χ2v) is 13.6. The smallest absolute Gasteiger partial charge is 0.180 e. The summed E-state index contributed by atoms with van der Waals surface area (Å²) in [4.78, 5) is 9.41. The molecule has 10 aromatic rings. The fourth-order valence-corrected chi connectivity index (χ4v) is 8.57. The molecule has 50 heavy (non-hydrogen) atoms. The molecule has 7 aromatic carbocycles. The lowest BCUT2D eigenvalue weighted by molar-refractivity contribution is 0.667. The second kappa shape index (κ2) is 11.7. The van der Waals surface area contributed by atoms with Crippen molar-refractivity contribution in [1.29, 1.82) is 0 Å². The van der Waals surface area contributed by atoms with Gasteiger partial charge < -0.3 is 4.42 Å². The highest BCUT2D eigenvalue weighted by atomic mass is 32.1. The second-order valence-electron chi connectivity index (χ2n) is 12.6. The molecule has 0 unspecified atom stereocenters. The zero-order valence-corrected chi connectivity index (χ0v) is 27.7. The van der Waals surface area contributed by atoms with Gasteiger partial charge in [0.1, 0.15) is 23.1 Å².